The zero-order valence-electron chi connectivity index (χ0n) is 16.4. The largest absolute Gasteiger partial charge is 0.330 e. The number of rotatable bonds is 6. The maximum atomic E-state index is 13.8. The molecule has 6 nitrogen and oxygen atoms in total. The normalized spacial score (nSPS) is 10.7. The highest BCUT2D eigenvalue weighted by Crippen LogP contribution is 2.13. The maximum Gasteiger partial charge on any atom is 0.175 e. The predicted molar refractivity (Wildman–Crippen MR) is 120 cm³/mol. The first kappa shape index (κ1) is 19.8. The summed E-state index contributed by atoms with van der Waals surface area (Å²) in [5, 5.41) is 15.2. The summed E-state index contributed by atoms with van der Waals surface area (Å²) in [5.74, 6) is -0.248. The van der Waals surface area contributed by atoms with E-state index >= 15 is 0 Å². The van der Waals surface area contributed by atoms with E-state index < -0.39 is 0 Å². The zero-order chi connectivity index (χ0) is 20.9. The molecule has 4 aromatic rings. The first-order valence-electron chi connectivity index (χ1n) is 9.47. The molecule has 152 valence electrons. The Morgan fingerprint density at radius 2 is 1.50 bits per heavy atom. The predicted octanol–water partition coefficient (Wildman–Crippen LogP) is 4.43. The summed E-state index contributed by atoms with van der Waals surface area (Å²) < 4.78 is 17.3. The van der Waals surface area contributed by atoms with Crippen LogP contribution in [0.5, 0.6) is 0 Å². The molecule has 0 aliphatic heterocycles. The van der Waals surface area contributed by atoms with Crippen molar-refractivity contribution in [2.75, 3.05) is 10.6 Å². The molecule has 0 amide bonds. The van der Waals surface area contributed by atoms with Crippen molar-refractivity contribution in [3.8, 4) is 0 Å². The molecule has 2 aromatic carbocycles. The monoisotopic (exact) mass is 420 g/mol. The van der Waals surface area contributed by atoms with Gasteiger partial charge in [0.1, 0.15) is 5.82 Å². The Hall–Kier alpha value is -3.52. The smallest absolute Gasteiger partial charge is 0.175 e. The van der Waals surface area contributed by atoms with Crippen LogP contribution in [0.3, 0.4) is 0 Å². The molecule has 0 unspecified atom stereocenters. The molecule has 2 heterocycles. The number of nitrogens with zero attached hydrogens (tertiary/aromatic N) is 4. The molecule has 0 spiro atoms. The van der Waals surface area contributed by atoms with Gasteiger partial charge >= 0.3 is 0 Å². The SMILES string of the molecule is Cc1ccc(Cn2cc(NC(=S)Nc3cnn(Cc4ccccc4F)c3)cn2)cc1. The van der Waals surface area contributed by atoms with Crippen molar-refractivity contribution in [3.05, 3.63) is 95.8 Å². The van der Waals surface area contributed by atoms with Crippen molar-refractivity contribution < 1.29 is 4.39 Å². The fourth-order valence-corrected chi connectivity index (χ4v) is 3.24. The summed E-state index contributed by atoms with van der Waals surface area (Å²) in [5.41, 5.74) is 4.50. The van der Waals surface area contributed by atoms with E-state index in [-0.39, 0.29) is 5.82 Å². The highest BCUT2D eigenvalue weighted by Gasteiger charge is 2.06. The van der Waals surface area contributed by atoms with E-state index in [1.54, 1.807) is 41.5 Å². The van der Waals surface area contributed by atoms with Crippen LogP contribution in [0.15, 0.2) is 73.3 Å². The number of anilines is 2. The molecular formula is C22H21FN6S. The molecule has 2 N–H and O–H groups in total. The van der Waals surface area contributed by atoms with Crippen LogP contribution in [0.25, 0.3) is 0 Å². The van der Waals surface area contributed by atoms with Crippen molar-refractivity contribution in [2.45, 2.75) is 20.0 Å². The van der Waals surface area contributed by atoms with E-state index in [1.807, 2.05) is 10.9 Å². The number of nitrogens with one attached hydrogen (secondary N) is 2. The fraction of sp³-hybridized carbons (Fsp3) is 0.136. The summed E-state index contributed by atoms with van der Waals surface area (Å²) in [6, 6.07) is 15.0. The number of thiocarbonyl (C=S) groups is 1. The van der Waals surface area contributed by atoms with Crippen LogP contribution in [-0.4, -0.2) is 24.7 Å². The van der Waals surface area contributed by atoms with Gasteiger partial charge in [-0.1, -0.05) is 48.0 Å². The molecule has 0 fully saturated rings. The molecule has 0 bridgehead atoms. The minimum absolute atomic E-state index is 0.248. The number of hydrogen-bond acceptors (Lipinski definition) is 3. The summed E-state index contributed by atoms with van der Waals surface area (Å²) in [7, 11) is 0. The molecule has 0 saturated carbocycles. The lowest BCUT2D eigenvalue weighted by atomic mass is 10.1. The second-order valence-corrected chi connectivity index (χ2v) is 7.42. The van der Waals surface area contributed by atoms with E-state index in [4.69, 9.17) is 12.2 Å². The quantitative estimate of drug-likeness (QED) is 0.452. The third kappa shape index (κ3) is 5.09. The molecule has 0 aliphatic rings. The van der Waals surface area contributed by atoms with E-state index in [0.717, 1.165) is 11.4 Å². The zero-order valence-corrected chi connectivity index (χ0v) is 17.2. The molecule has 4 rings (SSSR count). The van der Waals surface area contributed by atoms with Crippen molar-refractivity contribution in [3.63, 3.8) is 0 Å². The van der Waals surface area contributed by atoms with E-state index in [0.29, 0.717) is 23.8 Å². The second kappa shape index (κ2) is 8.87. The first-order valence-corrected chi connectivity index (χ1v) is 9.88. The van der Waals surface area contributed by atoms with E-state index in [1.165, 1.54) is 17.2 Å². The van der Waals surface area contributed by atoms with Gasteiger partial charge in [0.15, 0.2) is 5.11 Å². The van der Waals surface area contributed by atoms with Crippen LogP contribution in [0.4, 0.5) is 15.8 Å². The van der Waals surface area contributed by atoms with Gasteiger partial charge < -0.3 is 10.6 Å². The van der Waals surface area contributed by atoms with E-state index in [2.05, 4.69) is 52.0 Å². The minimum Gasteiger partial charge on any atom is -0.330 e. The third-order valence-corrected chi connectivity index (χ3v) is 4.74. The third-order valence-electron chi connectivity index (χ3n) is 4.54. The second-order valence-electron chi connectivity index (χ2n) is 7.01. The van der Waals surface area contributed by atoms with Gasteiger partial charge in [-0.05, 0) is 30.8 Å². The van der Waals surface area contributed by atoms with Crippen molar-refractivity contribution in [1.82, 2.24) is 19.6 Å². The van der Waals surface area contributed by atoms with Crippen LogP contribution >= 0.6 is 12.2 Å². The number of benzene rings is 2. The van der Waals surface area contributed by atoms with Crippen molar-refractivity contribution >= 4 is 28.7 Å². The molecule has 0 aliphatic carbocycles. The van der Waals surface area contributed by atoms with Gasteiger partial charge in [-0.15, -0.1) is 0 Å². The van der Waals surface area contributed by atoms with Crippen LogP contribution in [0.1, 0.15) is 16.7 Å². The average Bonchev–Trinajstić information content (AvgIpc) is 3.35. The van der Waals surface area contributed by atoms with Crippen molar-refractivity contribution in [2.24, 2.45) is 0 Å². The Morgan fingerprint density at radius 1 is 0.900 bits per heavy atom. The number of aryl methyl sites for hydroxylation is 1. The molecule has 0 atom stereocenters. The van der Waals surface area contributed by atoms with Crippen molar-refractivity contribution in [1.29, 1.82) is 0 Å². The first-order chi connectivity index (χ1) is 14.5. The summed E-state index contributed by atoms with van der Waals surface area (Å²) in [4.78, 5) is 0. The Bertz CT molecular complexity index is 1150. The highest BCUT2D eigenvalue weighted by atomic mass is 32.1. The topological polar surface area (TPSA) is 59.7 Å². The summed E-state index contributed by atoms with van der Waals surface area (Å²) in [6.45, 7) is 3.10. The van der Waals surface area contributed by atoms with Crippen LogP contribution in [0, 0.1) is 12.7 Å². The lowest BCUT2D eigenvalue weighted by Crippen LogP contribution is -2.18. The lowest BCUT2D eigenvalue weighted by molar-refractivity contribution is 0.585. The van der Waals surface area contributed by atoms with Gasteiger partial charge in [0.25, 0.3) is 0 Å². The summed E-state index contributed by atoms with van der Waals surface area (Å²) >= 11 is 5.37. The van der Waals surface area contributed by atoms with Gasteiger partial charge in [-0.3, -0.25) is 9.36 Å². The fourth-order valence-electron chi connectivity index (χ4n) is 3.00. The highest BCUT2D eigenvalue weighted by molar-refractivity contribution is 7.80. The lowest BCUT2D eigenvalue weighted by Gasteiger charge is -2.07. The Labute approximate surface area is 179 Å². The van der Waals surface area contributed by atoms with Gasteiger partial charge in [0.2, 0.25) is 0 Å². The van der Waals surface area contributed by atoms with Crippen LogP contribution in [0.2, 0.25) is 0 Å². The Kier molecular flexibility index (Phi) is 5.85. The Balaban J connectivity index is 1.32. The van der Waals surface area contributed by atoms with Crippen LogP contribution < -0.4 is 10.6 Å². The summed E-state index contributed by atoms with van der Waals surface area (Å²) in [6.07, 6.45) is 7.05. The van der Waals surface area contributed by atoms with Gasteiger partial charge in [0, 0.05) is 18.0 Å². The number of hydrogen-bond donors (Lipinski definition) is 2. The standard InChI is InChI=1S/C22H21FN6S/c1-16-6-8-17(9-7-16)12-28-14-19(10-24-28)26-22(30)27-20-11-25-29(15-20)13-18-4-2-3-5-21(18)23/h2-11,14-15H,12-13H2,1H3,(H2,26,27,30). The molecule has 8 heteroatoms. The number of aromatic nitrogens is 4. The molecule has 0 radical (unpaired) electrons. The van der Waals surface area contributed by atoms with Gasteiger partial charge in [-0.2, -0.15) is 10.2 Å². The number of halogens is 1. The van der Waals surface area contributed by atoms with Crippen LogP contribution in [-0.2, 0) is 13.1 Å². The minimum atomic E-state index is -0.248. The molecule has 2 aromatic heterocycles. The maximum absolute atomic E-state index is 13.8. The average molecular weight is 421 g/mol. The Morgan fingerprint density at radius 3 is 2.13 bits per heavy atom. The molecule has 30 heavy (non-hydrogen) atoms. The molecular weight excluding hydrogens is 399 g/mol. The van der Waals surface area contributed by atoms with E-state index in [9.17, 15) is 4.39 Å². The van der Waals surface area contributed by atoms with Gasteiger partial charge in [0.05, 0.1) is 36.9 Å². The van der Waals surface area contributed by atoms with Gasteiger partial charge in [-0.25, -0.2) is 4.39 Å². The molecule has 0 saturated heterocycles.